The van der Waals surface area contributed by atoms with Gasteiger partial charge in [-0.05, 0) is 48.8 Å². The standard InChI is InChI=1S/C18H20O4/c1-20-17-9-7-14(12-18(17)21-2)4-3-5-16(19)8-6-15-10-11-22-13-15/h6-13H,3-5H2,1-2H3/b8-6+. The fraction of sp³-hybridized carbons (Fsp3) is 0.278. The van der Waals surface area contributed by atoms with Crippen LogP contribution in [0, 0.1) is 0 Å². The Labute approximate surface area is 130 Å². The van der Waals surface area contributed by atoms with Crippen molar-refractivity contribution in [2.75, 3.05) is 14.2 Å². The fourth-order valence-corrected chi connectivity index (χ4v) is 2.15. The lowest BCUT2D eigenvalue weighted by Crippen LogP contribution is -1.96. The molecule has 116 valence electrons. The van der Waals surface area contributed by atoms with E-state index in [-0.39, 0.29) is 5.78 Å². The van der Waals surface area contributed by atoms with Crippen LogP contribution in [-0.4, -0.2) is 20.0 Å². The predicted molar refractivity (Wildman–Crippen MR) is 85.2 cm³/mol. The van der Waals surface area contributed by atoms with Crippen LogP contribution in [0.3, 0.4) is 0 Å². The second-order valence-electron chi connectivity index (χ2n) is 4.90. The quantitative estimate of drug-likeness (QED) is 0.694. The molecule has 0 bridgehead atoms. The fourth-order valence-electron chi connectivity index (χ4n) is 2.15. The molecule has 0 unspecified atom stereocenters. The van der Waals surface area contributed by atoms with Gasteiger partial charge in [-0.1, -0.05) is 6.07 Å². The van der Waals surface area contributed by atoms with E-state index in [9.17, 15) is 4.79 Å². The van der Waals surface area contributed by atoms with E-state index in [1.54, 1.807) is 38.9 Å². The monoisotopic (exact) mass is 300 g/mol. The summed E-state index contributed by atoms with van der Waals surface area (Å²) in [6.07, 6.45) is 8.69. The number of hydrogen-bond acceptors (Lipinski definition) is 4. The summed E-state index contributed by atoms with van der Waals surface area (Å²) in [6.45, 7) is 0. The number of methoxy groups -OCH3 is 2. The zero-order chi connectivity index (χ0) is 15.8. The van der Waals surface area contributed by atoms with E-state index in [1.165, 1.54) is 0 Å². The highest BCUT2D eigenvalue weighted by molar-refractivity contribution is 5.93. The number of ketones is 1. The van der Waals surface area contributed by atoms with Gasteiger partial charge in [0, 0.05) is 12.0 Å². The Balaban J connectivity index is 1.82. The Hall–Kier alpha value is -2.49. The average Bonchev–Trinajstić information content (AvgIpc) is 3.06. The molecule has 0 atom stereocenters. The molecule has 0 saturated carbocycles. The number of benzene rings is 1. The van der Waals surface area contributed by atoms with E-state index >= 15 is 0 Å². The van der Waals surface area contributed by atoms with Crippen LogP contribution in [0.5, 0.6) is 11.5 Å². The van der Waals surface area contributed by atoms with Crippen molar-refractivity contribution in [1.29, 1.82) is 0 Å². The lowest BCUT2D eigenvalue weighted by Gasteiger charge is -2.09. The van der Waals surface area contributed by atoms with Gasteiger partial charge in [0.1, 0.15) is 0 Å². The SMILES string of the molecule is COc1ccc(CCCC(=O)/C=C/c2ccoc2)cc1OC. The van der Waals surface area contributed by atoms with Crippen LogP contribution in [0.1, 0.15) is 24.0 Å². The Kier molecular flexibility index (Phi) is 5.83. The van der Waals surface area contributed by atoms with Crippen LogP contribution in [0.15, 0.2) is 47.3 Å². The zero-order valence-corrected chi connectivity index (χ0v) is 12.9. The molecule has 4 nitrogen and oxygen atoms in total. The maximum absolute atomic E-state index is 11.8. The Morgan fingerprint density at radius 2 is 2.00 bits per heavy atom. The van der Waals surface area contributed by atoms with Gasteiger partial charge in [-0.15, -0.1) is 0 Å². The predicted octanol–water partition coefficient (Wildman–Crippen LogP) is 3.90. The van der Waals surface area contributed by atoms with Crippen molar-refractivity contribution < 1.29 is 18.7 Å². The first-order chi connectivity index (χ1) is 10.7. The topological polar surface area (TPSA) is 48.7 Å². The minimum Gasteiger partial charge on any atom is -0.493 e. The molecule has 0 spiro atoms. The molecule has 1 heterocycles. The summed E-state index contributed by atoms with van der Waals surface area (Å²) in [4.78, 5) is 11.8. The number of rotatable bonds is 8. The van der Waals surface area contributed by atoms with Crippen molar-refractivity contribution >= 4 is 11.9 Å². The van der Waals surface area contributed by atoms with Crippen LogP contribution in [0.4, 0.5) is 0 Å². The molecule has 2 aromatic rings. The Morgan fingerprint density at radius 1 is 1.18 bits per heavy atom. The summed E-state index contributed by atoms with van der Waals surface area (Å²) in [6, 6.07) is 7.64. The molecule has 0 aliphatic rings. The van der Waals surface area contributed by atoms with Gasteiger partial charge in [0.2, 0.25) is 0 Å². The average molecular weight is 300 g/mol. The summed E-state index contributed by atoms with van der Waals surface area (Å²) in [5, 5.41) is 0. The summed E-state index contributed by atoms with van der Waals surface area (Å²) >= 11 is 0. The molecular formula is C18H20O4. The summed E-state index contributed by atoms with van der Waals surface area (Å²) in [5.74, 6) is 1.54. The molecule has 2 rings (SSSR count). The lowest BCUT2D eigenvalue weighted by molar-refractivity contribution is -0.114. The number of hydrogen-bond donors (Lipinski definition) is 0. The van der Waals surface area contributed by atoms with E-state index in [0.29, 0.717) is 17.9 Å². The van der Waals surface area contributed by atoms with Gasteiger partial charge in [0.25, 0.3) is 0 Å². The van der Waals surface area contributed by atoms with Crippen molar-refractivity contribution in [3.63, 3.8) is 0 Å². The molecule has 0 saturated heterocycles. The molecule has 0 aliphatic heterocycles. The molecule has 0 aliphatic carbocycles. The minimum atomic E-state index is 0.113. The van der Waals surface area contributed by atoms with Crippen molar-refractivity contribution in [3.05, 3.63) is 54.0 Å². The van der Waals surface area contributed by atoms with Crippen LogP contribution in [0.2, 0.25) is 0 Å². The second-order valence-corrected chi connectivity index (χ2v) is 4.90. The highest BCUT2D eigenvalue weighted by Crippen LogP contribution is 2.28. The van der Waals surface area contributed by atoms with Gasteiger partial charge in [0.15, 0.2) is 17.3 Å². The number of furan rings is 1. The molecule has 0 fully saturated rings. The van der Waals surface area contributed by atoms with Crippen molar-refractivity contribution in [2.45, 2.75) is 19.3 Å². The van der Waals surface area contributed by atoms with E-state index in [0.717, 1.165) is 24.0 Å². The third kappa shape index (κ3) is 4.52. The van der Waals surface area contributed by atoms with Gasteiger partial charge >= 0.3 is 0 Å². The Morgan fingerprint density at radius 3 is 2.68 bits per heavy atom. The third-order valence-electron chi connectivity index (χ3n) is 3.34. The Bertz CT molecular complexity index is 627. The summed E-state index contributed by atoms with van der Waals surface area (Å²) < 4.78 is 15.4. The van der Waals surface area contributed by atoms with E-state index in [1.807, 2.05) is 24.3 Å². The number of allylic oxidation sites excluding steroid dienone is 1. The zero-order valence-electron chi connectivity index (χ0n) is 12.9. The van der Waals surface area contributed by atoms with Gasteiger partial charge in [-0.2, -0.15) is 0 Å². The molecule has 1 aromatic heterocycles. The van der Waals surface area contributed by atoms with E-state index < -0.39 is 0 Å². The molecule has 0 N–H and O–H groups in total. The summed E-state index contributed by atoms with van der Waals surface area (Å²) in [5.41, 5.74) is 2.03. The number of ether oxygens (including phenoxy) is 2. The van der Waals surface area contributed by atoms with Crippen molar-refractivity contribution in [2.24, 2.45) is 0 Å². The molecule has 0 amide bonds. The van der Waals surface area contributed by atoms with Gasteiger partial charge in [-0.25, -0.2) is 0 Å². The first-order valence-electron chi connectivity index (χ1n) is 7.17. The van der Waals surface area contributed by atoms with E-state index in [2.05, 4.69) is 0 Å². The normalized spacial score (nSPS) is 10.8. The second kappa shape index (κ2) is 8.08. The maximum Gasteiger partial charge on any atom is 0.160 e. The minimum absolute atomic E-state index is 0.113. The van der Waals surface area contributed by atoms with Gasteiger partial charge in [-0.3, -0.25) is 4.79 Å². The smallest absolute Gasteiger partial charge is 0.160 e. The highest BCUT2D eigenvalue weighted by Gasteiger charge is 2.05. The van der Waals surface area contributed by atoms with Gasteiger partial charge < -0.3 is 13.9 Å². The lowest BCUT2D eigenvalue weighted by atomic mass is 10.1. The van der Waals surface area contributed by atoms with Crippen molar-refractivity contribution in [1.82, 2.24) is 0 Å². The molecule has 0 radical (unpaired) electrons. The number of carbonyl (C=O) groups is 1. The first-order valence-corrected chi connectivity index (χ1v) is 7.17. The first kappa shape index (κ1) is 15.9. The summed E-state index contributed by atoms with van der Waals surface area (Å²) in [7, 11) is 3.23. The molecule has 4 heteroatoms. The molecule has 1 aromatic carbocycles. The largest absolute Gasteiger partial charge is 0.493 e. The van der Waals surface area contributed by atoms with Crippen LogP contribution >= 0.6 is 0 Å². The van der Waals surface area contributed by atoms with Crippen LogP contribution in [0.25, 0.3) is 6.08 Å². The number of carbonyl (C=O) groups excluding carboxylic acids is 1. The molecular weight excluding hydrogens is 280 g/mol. The van der Waals surface area contributed by atoms with Crippen LogP contribution in [-0.2, 0) is 11.2 Å². The maximum atomic E-state index is 11.8. The number of aryl methyl sites for hydroxylation is 1. The van der Waals surface area contributed by atoms with Crippen molar-refractivity contribution in [3.8, 4) is 11.5 Å². The van der Waals surface area contributed by atoms with Gasteiger partial charge in [0.05, 0.1) is 26.7 Å². The third-order valence-corrected chi connectivity index (χ3v) is 3.34. The van der Waals surface area contributed by atoms with E-state index in [4.69, 9.17) is 13.9 Å². The highest BCUT2D eigenvalue weighted by atomic mass is 16.5. The van der Waals surface area contributed by atoms with Crippen LogP contribution < -0.4 is 9.47 Å². The molecule has 22 heavy (non-hydrogen) atoms.